The van der Waals surface area contributed by atoms with Crippen LogP contribution in [0.15, 0.2) is 0 Å². The largest absolute Gasteiger partial charge is 0.481 e. The van der Waals surface area contributed by atoms with Gasteiger partial charge in [0.05, 0.1) is 5.92 Å². The number of likely N-dealkylation sites (tertiary alicyclic amines) is 1. The smallest absolute Gasteiger partial charge is 0.306 e. The fourth-order valence-corrected chi connectivity index (χ4v) is 3.12. The zero-order valence-corrected chi connectivity index (χ0v) is 11.3. The van der Waals surface area contributed by atoms with Crippen molar-refractivity contribution in [3.05, 3.63) is 0 Å². The second kappa shape index (κ2) is 4.90. The van der Waals surface area contributed by atoms with Crippen molar-refractivity contribution >= 4 is 11.9 Å². The summed E-state index contributed by atoms with van der Waals surface area (Å²) in [4.78, 5) is 25.1. The molecule has 2 rings (SSSR count). The average Bonchev–Trinajstić information content (AvgIpc) is 2.27. The van der Waals surface area contributed by atoms with E-state index in [9.17, 15) is 9.59 Å². The Kier molecular flexibility index (Phi) is 3.64. The highest BCUT2D eigenvalue weighted by molar-refractivity contribution is 5.83. The molecule has 102 valence electrons. The predicted octanol–water partition coefficient (Wildman–Crippen LogP) is 2.14. The van der Waals surface area contributed by atoms with Gasteiger partial charge in [0.1, 0.15) is 0 Å². The van der Waals surface area contributed by atoms with Crippen molar-refractivity contribution in [1.29, 1.82) is 0 Å². The predicted molar refractivity (Wildman–Crippen MR) is 68.1 cm³/mol. The summed E-state index contributed by atoms with van der Waals surface area (Å²) >= 11 is 0. The van der Waals surface area contributed by atoms with E-state index in [1.54, 1.807) is 6.92 Å². The monoisotopic (exact) mass is 253 g/mol. The zero-order chi connectivity index (χ0) is 13.3. The molecule has 1 heterocycles. The molecule has 0 radical (unpaired) electrons. The van der Waals surface area contributed by atoms with Crippen molar-refractivity contribution < 1.29 is 14.7 Å². The molecule has 2 aliphatic rings. The van der Waals surface area contributed by atoms with E-state index in [-0.39, 0.29) is 23.2 Å². The van der Waals surface area contributed by atoms with Crippen LogP contribution in [0.25, 0.3) is 0 Å². The van der Waals surface area contributed by atoms with E-state index in [0.717, 1.165) is 25.7 Å². The molecule has 4 nitrogen and oxygen atoms in total. The molecule has 1 saturated carbocycles. The first-order chi connectivity index (χ1) is 8.44. The number of amides is 1. The molecule has 18 heavy (non-hydrogen) atoms. The molecule has 1 N–H and O–H groups in total. The number of carboxylic acid groups (broad SMARTS) is 1. The van der Waals surface area contributed by atoms with Crippen LogP contribution in [0.1, 0.15) is 46.0 Å². The van der Waals surface area contributed by atoms with Crippen LogP contribution in [0.2, 0.25) is 0 Å². The molecule has 1 saturated heterocycles. The summed E-state index contributed by atoms with van der Waals surface area (Å²) in [6.07, 6.45) is 5.50. The Labute approximate surface area is 108 Å². The number of rotatable bonds is 3. The number of hydrogen-bond donors (Lipinski definition) is 1. The van der Waals surface area contributed by atoms with Gasteiger partial charge in [0, 0.05) is 24.4 Å². The quantitative estimate of drug-likeness (QED) is 0.838. The molecule has 1 aliphatic heterocycles. The third kappa shape index (κ3) is 2.38. The van der Waals surface area contributed by atoms with Gasteiger partial charge in [-0.15, -0.1) is 0 Å². The maximum Gasteiger partial charge on any atom is 0.306 e. The first-order valence-corrected chi connectivity index (χ1v) is 6.96. The van der Waals surface area contributed by atoms with Gasteiger partial charge in [-0.05, 0) is 12.8 Å². The average molecular weight is 253 g/mol. The molecule has 0 spiro atoms. The topological polar surface area (TPSA) is 57.6 Å². The fourth-order valence-electron chi connectivity index (χ4n) is 3.12. The van der Waals surface area contributed by atoms with Crippen LogP contribution >= 0.6 is 0 Å². The lowest BCUT2D eigenvalue weighted by Gasteiger charge is -2.46. The molecule has 1 atom stereocenters. The highest BCUT2D eigenvalue weighted by Gasteiger charge is 2.44. The Morgan fingerprint density at radius 3 is 2.28 bits per heavy atom. The Hall–Kier alpha value is -1.06. The minimum atomic E-state index is -0.754. The van der Waals surface area contributed by atoms with E-state index in [1.807, 2.05) is 4.90 Å². The minimum absolute atomic E-state index is 0.138. The molecule has 1 unspecified atom stereocenters. The van der Waals surface area contributed by atoms with Crippen LogP contribution in [0.3, 0.4) is 0 Å². The number of aliphatic carboxylic acids is 1. The summed E-state index contributed by atoms with van der Waals surface area (Å²) < 4.78 is 0. The molecular weight excluding hydrogens is 230 g/mol. The second-order valence-electron chi connectivity index (χ2n) is 6.22. The zero-order valence-electron chi connectivity index (χ0n) is 11.3. The third-order valence-electron chi connectivity index (χ3n) is 4.77. The number of carbonyl (C=O) groups is 2. The van der Waals surface area contributed by atoms with Crippen LogP contribution in [0, 0.1) is 17.3 Å². The van der Waals surface area contributed by atoms with Crippen molar-refractivity contribution in [2.75, 3.05) is 13.1 Å². The summed E-state index contributed by atoms with van der Waals surface area (Å²) in [7, 11) is 0. The highest BCUT2D eigenvalue weighted by atomic mass is 16.4. The SMILES string of the molecule is CC(C(=O)O)C1CN(C(=O)C2(C)CCCCC2)C1. The number of nitrogens with zero attached hydrogens (tertiary/aromatic N) is 1. The standard InChI is InChI=1S/C14H23NO3/c1-10(12(16)17)11-8-15(9-11)13(18)14(2)6-4-3-5-7-14/h10-11H,3-9H2,1-2H3,(H,16,17). The lowest BCUT2D eigenvalue weighted by atomic mass is 9.73. The first-order valence-electron chi connectivity index (χ1n) is 6.96. The molecule has 0 aromatic carbocycles. The van der Waals surface area contributed by atoms with E-state index < -0.39 is 5.97 Å². The fraction of sp³-hybridized carbons (Fsp3) is 0.857. The van der Waals surface area contributed by atoms with Crippen molar-refractivity contribution in [1.82, 2.24) is 4.90 Å². The minimum Gasteiger partial charge on any atom is -0.481 e. The second-order valence-corrected chi connectivity index (χ2v) is 6.22. The summed E-state index contributed by atoms with van der Waals surface area (Å²) in [5.41, 5.74) is -0.185. The first kappa shape index (κ1) is 13.4. The Morgan fingerprint density at radius 2 is 1.78 bits per heavy atom. The molecule has 1 amide bonds. The van der Waals surface area contributed by atoms with Crippen molar-refractivity contribution in [3.63, 3.8) is 0 Å². The Balaban J connectivity index is 1.88. The molecule has 0 aromatic heterocycles. The van der Waals surface area contributed by atoms with Crippen molar-refractivity contribution in [3.8, 4) is 0 Å². The van der Waals surface area contributed by atoms with Gasteiger partial charge in [-0.25, -0.2) is 0 Å². The number of carbonyl (C=O) groups excluding carboxylic acids is 1. The normalized spacial score (nSPS) is 25.3. The van der Waals surface area contributed by atoms with Crippen molar-refractivity contribution in [2.24, 2.45) is 17.3 Å². The molecule has 1 aliphatic carbocycles. The highest BCUT2D eigenvalue weighted by Crippen LogP contribution is 2.39. The molecule has 0 bridgehead atoms. The third-order valence-corrected chi connectivity index (χ3v) is 4.77. The summed E-state index contributed by atoms with van der Waals surface area (Å²) in [5.74, 6) is -0.709. The van der Waals surface area contributed by atoms with E-state index in [1.165, 1.54) is 6.42 Å². The Morgan fingerprint density at radius 1 is 1.22 bits per heavy atom. The molecular formula is C14H23NO3. The van der Waals surface area contributed by atoms with E-state index in [2.05, 4.69) is 6.92 Å². The maximum atomic E-state index is 12.4. The lowest BCUT2D eigenvalue weighted by Crippen LogP contribution is -2.57. The van der Waals surface area contributed by atoms with Crippen LogP contribution in [0.5, 0.6) is 0 Å². The van der Waals surface area contributed by atoms with Gasteiger partial charge in [0.2, 0.25) is 5.91 Å². The molecule has 4 heteroatoms. The summed E-state index contributed by atoms with van der Waals surface area (Å²) in [6.45, 7) is 5.06. The number of carboxylic acids is 1. The van der Waals surface area contributed by atoms with Gasteiger partial charge in [0.15, 0.2) is 0 Å². The van der Waals surface area contributed by atoms with Gasteiger partial charge in [-0.1, -0.05) is 33.1 Å². The molecule has 2 fully saturated rings. The van der Waals surface area contributed by atoms with Gasteiger partial charge in [-0.3, -0.25) is 9.59 Å². The maximum absolute atomic E-state index is 12.4. The van der Waals surface area contributed by atoms with E-state index in [0.29, 0.717) is 13.1 Å². The summed E-state index contributed by atoms with van der Waals surface area (Å²) in [6, 6.07) is 0. The number of hydrogen-bond acceptors (Lipinski definition) is 2. The van der Waals surface area contributed by atoms with Gasteiger partial charge in [-0.2, -0.15) is 0 Å². The van der Waals surface area contributed by atoms with Gasteiger partial charge < -0.3 is 10.0 Å². The Bertz CT molecular complexity index is 341. The van der Waals surface area contributed by atoms with Crippen LogP contribution in [0.4, 0.5) is 0 Å². The lowest BCUT2D eigenvalue weighted by molar-refractivity contribution is -0.156. The van der Waals surface area contributed by atoms with E-state index >= 15 is 0 Å². The van der Waals surface area contributed by atoms with Crippen LogP contribution < -0.4 is 0 Å². The van der Waals surface area contributed by atoms with Crippen LogP contribution in [-0.2, 0) is 9.59 Å². The van der Waals surface area contributed by atoms with Gasteiger partial charge >= 0.3 is 5.97 Å². The van der Waals surface area contributed by atoms with Gasteiger partial charge in [0.25, 0.3) is 0 Å². The molecule has 0 aromatic rings. The van der Waals surface area contributed by atoms with Crippen LogP contribution in [-0.4, -0.2) is 35.0 Å². The van der Waals surface area contributed by atoms with E-state index in [4.69, 9.17) is 5.11 Å². The van der Waals surface area contributed by atoms with Crippen molar-refractivity contribution in [2.45, 2.75) is 46.0 Å². The summed E-state index contributed by atoms with van der Waals surface area (Å²) in [5, 5.41) is 8.94.